The smallest absolute Gasteiger partial charge is 0.263 e. The molecule has 2 saturated heterocycles. The Morgan fingerprint density at radius 1 is 1.14 bits per heavy atom. The second kappa shape index (κ2) is 5.68. The molecule has 0 unspecified atom stereocenters. The zero-order valence-electron chi connectivity index (χ0n) is 12.3. The van der Waals surface area contributed by atoms with Crippen molar-refractivity contribution in [3.05, 3.63) is 40.8 Å². The van der Waals surface area contributed by atoms with Gasteiger partial charge in [-0.2, -0.15) is 0 Å². The first-order valence-electron chi connectivity index (χ1n) is 7.66. The van der Waals surface area contributed by atoms with Crippen LogP contribution in [0.2, 0.25) is 0 Å². The van der Waals surface area contributed by atoms with Gasteiger partial charge in [0, 0.05) is 38.6 Å². The summed E-state index contributed by atoms with van der Waals surface area (Å²) in [5.41, 5.74) is 0. The van der Waals surface area contributed by atoms with Gasteiger partial charge < -0.3 is 9.80 Å². The zero-order chi connectivity index (χ0) is 14.9. The molecule has 114 valence electrons. The molecule has 4 heterocycles. The lowest BCUT2D eigenvalue weighted by Crippen LogP contribution is -2.40. The molecule has 0 aromatic carbocycles. The Balaban J connectivity index is 1.45. The molecular weight excluding hydrogens is 296 g/mol. The van der Waals surface area contributed by atoms with Crippen LogP contribution in [0.25, 0.3) is 0 Å². The molecule has 0 aliphatic carbocycles. The molecule has 2 aromatic rings. The van der Waals surface area contributed by atoms with Crippen LogP contribution in [-0.2, 0) is 0 Å². The van der Waals surface area contributed by atoms with Crippen molar-refractivity contribution < 1.29 is 4.79 Å². The average molecular weight is 314 g/mol. The third kappa shape index (κ3) is 2.47. The minimum absolute atomic E-state index is 0.187. The Bertz CT molecular complexity index is 645. The van der Waals surface area contributed by atoms with Gasteiger partial charge in [0.15, 0.2) is 0 Å². The number of thiophene rings is 1. The maximum Gasteiger partial charge on any atom is 0.263 e. The van der Waals surface area contributed by atoms with E-state index in [1.54, 1.807) is 12.4 Å². The second-order valence-electron chi connectivity index (χ2n) is 5.99. The lowest BCUT2D eigenvalue weighted by atomic mass is 9.89. The minimum atomic E-state index is 0.187. The highest BCUT2D eigenvalue weighted by molar-refractivity contribution is 7.12. The van der Waals surface area contributed by atoms with Crippen LogP contribution in [0, 0.1) is 11.8 Å². The van der Waals surface area contributed by atoms with Crippen molar-refractivity contribution in [3.63, 3.8) is 0 Å². The summed E-state index contributed by atoms with van der Waals surface area (Å²) in [6, 6.07) is 5.70. The van der Waals surface area contributed by atoms with E-state index in [4.69, 9.17) is 0 Å². The Hall–Kier alpha value is -1.95. The highest BCUT2D eigenvalue weighted by Gasteiger charge is 2.39. The van der Waals surface area contributed by atoms with Gasteiger partial charge in [0.05, 0.1) is 4.88 Å². The SMILES string of the molecule is O=C(c1cccs1)N1C[C@@H]2CCN(c3ncccn3)C[C@@H]2C1. The number of carbonyl (C=O) groups excluding carboxylic acids is 1. The van der Waals surface area contributed by atoms with Gasteiger partial charge in [-0.3, -0.25) is 4.79 Å². The summed E-state index contributed by atoms with van der Waals surface area (Å²) in [6.07, 6.45) is 4.68. The molecule has 6 heteroatoms. The van der Waals surface area contributed by atoms with Crippen molar-refractivity contribution in [1.29, 1.82) is 0 Å². The first-order valence-corrected chi connectivity index (χ1v) is 8.54. The van der Waals surface area contributed by atoms with E-state index < -0.39 is 0 Å². The standard InChI is InChI=1S/C16H18N4OS/c21-15(14-3-1-8-22-14)20-9-12-4-7-19(10-13(12)11-20)16-17-5-2-6-18-16/h1-3,5-6,8,12-13H,4,7,9-11H2/t12-,13+/m0/s1. The summed E-state index contributed by atoms with van der Waals surface area (Å²) in [6.45, 7) is 3.67. The van der Waals surface area contributed by atoms with Crippen molar-refractivity contribution in [2.75, 3.05) is 31.1 Å². The van der Waals surface area contributed by atoms with Crippen LogP contribution in [0.3, 0.4) is 0 Å². The summed E-state index contributed by atoms with van der Waals surface area (Å²) in [5, 5.41) is 1.96. The molecule has 0 bridgehead atoms. The van der Waals surface area contributed by atoms with E-state index >= 15 is 0 Å². The number of hydrogen-bond donors (Lipinski definition) is 0. The molecule has 0 radical (unpaired) electrons. The van der Waals surface area contributed by atoms with Gasteiger partial charge in [-0.05, 0) is 35.8 Å². The molecule has 2 aromatic heterocycles. The molecular formula is C16H18N4OS. The van der Waals surface area contributed by atoms with Gasteiger partial charge in [0.1, 0.15) is 0 Å². The monoisotopic (exact) mass is 314 g/mol. The largest absolute Gasteiger partial charge is 0.340 e. The number of fused-ring (bicyclic) bond motifs is 1. The number of amides is 1. The molecule has 1 amide bonds. The fourth-order valence-corrected chi connectivity index (χ4v) is 4.22. The molecule has 22 heavy (non-hydrogen) atoms. The lowest BCUT2D eigenvalue weighted by Gasteiger charge is -2.34. The number of aromatic nitrogens is 2. The maximum atomic E-state index is 12.5. The number of rotatable bonds is 2. The summed E-state index contributed by atoms with van der Waals surface area (Å²) in [7, 11) is 0. The highest BCUT2D eigenvalue weighted by Crippen LogP contribution is 2.33. The third-order valence-corrected chi connectivity index (χ3v) is 5.51. The van der Waals surface area contributed by atoms with E-state index in [0.29, 0.717) is 11.8 Å². The molecule has 0 N–H and O–H groups in total. The highest BCUT2D eigenvalue weighted by atomic mass is 32.1. The van der Waals surface area contributed by atoms with E-state index in [0.717, 1.165) is 43.4 Å². The summed E-state index contributed by atoms with van der Waals surface area (Å²) >= 11 is 1.53. The molecule has 2 aliphatic rings. The molecule has 4 rings (SSSR count). The topological polar surface area (TPSA) is 49.3 Å². The molecule has 0 saturated carbocycles. The third-order valence-electron chi connectivity index (χ3n) is 4.66. The first kappa shape index (κ1) is 13.7. The Morgan fingerprint density at radius 3 is 2.73 bits per heavy atom. The quantitative estimate of drug-likeness (QED) is 0.852. The van der Waals surface area contributed by atoms with E-state index in [1.165, 1.54) is 11.3 Å². The minimum Gasteiger partial charge on any atom is -0.340 e. The van der Waals surface area contributed by atoms with Gasteiger partial charge in [-0.15, -0.1) is 11.3 Å². The lowest BCUT2D eigenvalue weighted by molar-refractivity contribution is 0.0789. The summed E-state index contributed by atoms with van der Waals surface area (Å²) < 4.78 is 0. The van der Waals surface area contributed by atoms with Crippen molar-refractivity contribution in [2.45, 2.75) is 6.42 Å². The van der Waals surface area contributed by atoms with Gasteiger partial charge in [0.2, 0.25) is 5.95 Å². The van der Waals surface area contributed by atoms with Crippen molar-refractivity contribution in [1.82, 2.24) is 14.9 Å². The molecule has 2 atom stereocenters. The molecule has 0 spiro atoms. The van der Waals surface area contributed by atoms with Crippen molar-refractivity contribution in [3.8, 4) is 0 Å². The van der Waals surface area contributed by atoms with Gasteiger partial charge in [-0.25, -0.2) is 9.97 Å². The Morgan fingerprint density at radius 2 is 1.95 bits per heavy atom. The van der Waals surface area contributed by atoms with E-state index in [1.807, 2.05) is 28.5 Å². The second-order valence-corrected chi connectivity index (χ2v) is 6.94. The Kier molecular flexibility index (Phi) is 3.54. The molecule has 2 fully saturated rings. The number of likely N-dealkylation sites (tertiary alicyclic amines) is 1. The van der Waals surface area contributed by atoms with Gasteiger partial charge in [0.25, 0.3) is 5.91 Å². The Labute approximate surface area is 133 Å². The normalized spacial score (nSPS) is 24.4. The van der Waals surface area contributed by atoms with Crippen LogP contribution in [0.5, 0.6) is 0 Å². The fraction of sp³-hybridized carbons (Fsp3) is 0.438. The fourth-order valence-electron chi connectivity index (χ4n) is 3.53. The van der Waals surface area contributed by atoms with Crippen molar-refractivity contribution >= 4 is 23.2 Å². The zero-order valence-corrected chi connectivity index (χ0v) is 13.1. The number of carbonyl (C=O) groups is 1. The number of nitrogens with zero attached hydrogens (tertiary/aromatic N) is 4. The number of anilines is 1. The summed E-state index contributed by atoms with van der Waals surface area (Å²) in [5.74, 6) is 2.14. The predicted molar refractivity (Wildman–Crippen MR) is 86.1 cm³/mol. The van der Waals surface area contributed by atoms with Crippen LogP contribution in [-0.4, -0.2) is 47.0 Å². The average Bonchev–Trinajstić information content (AvgIpc) is 3.23. The number of hydrogen-bond acceptors (Lipinski definition) is 5. The van der Waals surface area contributed by atoms with E-state index in [9.17, 15) is 4.79 Å². The van der Waals surface area contributed by atoms with Crippen molar-refractivity contribution in [2.24, 2.45) is 11.8 Å². The summed E-state index contributed by atoms with van der Waals surface area (Å²) in [4.78, 5) is 26.3. The van der Waals surface area contributed by atoms with Crippen LogP contribution in [0.15, 0.2) is 36.0 Å². The van der Waals surface area contributed by atoms with E-state index in [-0.39, 0.29) is 5.91 Å². The van der Waals surface area contributed by atoms with Crippen LogP contribution >= 0.6 is 11.3 Å². The predicted octanol–water partition coefficient (Wildman–Crippen LogP) is 2.14. The van der Waals surface area contributed by atoms with Crippen LogP contribution in [0.4, 0.5) is 5.95 Å². The molecule has 5 nitrogen and oxygen atoms in total. The van der Waals surface area contributed by atoms with Crippen LogP contribution in [0.1, 0.15) is 16.1 Å². The maximum absolute atomic E-state index is 12.5. The van der Waals surface area contributed by atoms with Crippen LogP contribution < -0.4 is 4.90 Å². The van der Waals surface area contributed by atoms with Gasteiger partial charge >= 0.3 is 0 Å². The molecule has 2 aliphatic heterocycles. The first-order chi connectivity index (χ1) is 10.8. The number of piperidine rings is 1. The van der Waals surface area contributed by atoms with Gasteiger partial charge in [-0.1, -0.05) is 6.07 Å². The van der Waals surface area contributed by atoms with E-state index in [2.05, 4.69) is 14.9 Å².